The molecule has 0 aliphatic carbocycles. The minimum atomic E-state index is -0.826. The molecule has 1 aliphatic rings. The monoisotopic (exact) mass is 300 g/mol. The van der Waals surface area contributed by atoms with E-state index in [0.717, 1.165) is 12.8 Å². The molecule has 6 nitrogen and oxygen atoms in total. The van der Waals surface area contributed by atoms with E-state index < -0.39 is 24.5 Å². The summed E-state index contributed by atoms with van der Waals surface area (Å²) >= 11 is 0. The van der Waals surface area contributed by atoms with E-state index in [1.165, 1.54) is 0 Å². The summed E-state index contributed by atoms with van der Waals surface area (Å²) in [5.41, 5.74) is 0. The third-order valence-electron chi connectivity index (χ3n) is 3.31. The van der Waals surface area contributed by atoms with Gasteiger partial charge in [-0.25, -0.2) is 0 Å². The van der Waals surface area contributed by atoms with Crippen molar-refractivity contribution in [2.75, 3.05) is 0 Å². The van der Waals surface area contributed by atoms with Gasteiger partial charge in [-0.3, -0.25) is 4.79 Å². The van der Waals surface area contributed by atoms with Crippen molar-refractivity contribution in [3.05, 3.63) is 0 Å². The van der Waals surface area contributed by atoms with Gasteiger partial charge < -0.3 is 26.2 Å². The van der Waals surface area contributed by atoms with Gasteiger partial charge in [0.25, 0.3) is 0 Å². The molecular formula is C13H25NaO6. The Balaban J connectivity index is 0. The first kappa shape index (κ1) is 20.3. The molecule has 0 bridgehead atoms. The third kappa shape index (κ3) is 7.36. The zero-order chi connectivity index (χ0) is 14.4. The quantitative estimate of drug-likeness (QED) is 0.372. The van der Waals surface area contributed by atoms with Gasteiger partial charge in [0, 0.05) is 12.8 Å². The zero-order valence-corrected chi connectivity index (χ0v) is 14.5. The van der Waals surface area contributed by atoms with E-state index in [1.807, 2.05) is 6.92 Å². The van der Waals surface area contributed by atoms with Crippen LogP contribution in [0, 0.1) is 0 Å². The van der Waals surface area contributed by atoms with Gasteiger partial charge in [-0.1, -0.05) is 6.42 Å². The largest absolute Gasteiger partial charge is 1.00 e. The van der Waals surface area contributed by atoms with Gasteiger partial charge >= 0.3 is 35.5 Å². The van der Waals surface area contributed by atoms with Gasteiger partial charge in [-0.05, 0) is 26.7 Å². The molecular weight excluding hydrogens is 275 g/mol. The molecule has 1 heterocycles. The molecule has 0 aromatic rings. The number of carboxylic acid groups (broad SMARTS) is 1. The molecule has 0 spiro atoms. The van der Waals surface area contributed by atoms with Crippen LogP contribution in [0.2, 0.25) is 0 Å². The molecule has 1 saturated heterocycles. The fourth-order valence-corrected chi connectivity index (χ4v) is 2.07. The Morgan fingerprint density at radius 3 is 2.65 bits per heavy atom. The van der Waals surface area contributed by atoms with Crippen molar-refractivity contribution >= 4 is 5.97 Å². The SMILES string of the molecule is CC(CCCCC(=O)O)OC1OC(C)C(O)CC1O.[H-].[Na+]. The second kappa shape index (κ2) is 10.1. The Morgan fingerprint density at radius 1 is 1.40 bits per heavy atom. The number of aliphatic hydroxyl groups is 2. The third-order valence-corrected chi connectivity index (χ3v) is 3.31. The maximum atomic E-state index is 10.4. The van der Waals surface area contributed by atoms with Gasteiger partial charge in [-0.2, -0.15) is 0 Å². The van der Waals surface area contributed by atoms with Gasteiger partial charge in [0.2, 0.25) is 0 Å². The predicted octanol–water partition coefficient (Wildman–Crippen LogP) is -1.99. The summed E-state index contributed by atoms with van der Waals surface area (Å²) in [6.45, 7) is 3.61. The Kier molecular flexibility index (Phi) is 10.3. The van der Waals surface area contributed by atoms with E-state index >= 15 is 0 Å². The number of hydrogen-bond acceptors (Lipinski definition) is 5. The second-order valence-electron chi connectivity index (χ2n) is 5.17. The Bertz CT molecular complexity index is 294. The number of aliphatic hydroxyl groups excluding tert-OH is 2. The van der Waals surface area contributed by atoms with Crippen LogP contribution in [-0.2, 0) is 14.3 Å². The summed E-state index contributed by atoms with van der Waals surface area (Å²) in [5, 5.41) is 27.8. The van der Waals surface area contributed by atoms with Crippen molar-refractivity contribution in [1.29, 1.82) is 0 Å². The number of ether oxygens (including phenoxy) is 2. The number of hydrogen-bond donors (Lipinski definition) is 3. The molecule has 5 atom stereocenters. The molecule has 114 valence electrons. The van der Waals surface area contributed by atoms with Gasteiger partial charge in [0.15, 0.2) is 6.29 Å². The molecule has 20 heavy (non-hydrogen) atoms. The fourth-order valence-electron chi connectivity index (χ4n) is 2.07. The zero-order valence-electron chi connectivity index (χ0n) is 13.5. The maximum Gasteiger partial charge on any atom is 1.00 e. The Labute approximate surface area is 143 Å². The summed E-state index contributed by atoms with van der Waals surface area (Å²) in [5.74, 6) is -0.789. The average Bonchev–Trinajstić information content (AvgIpc) is 2.31. The van der Waals surface area contributed by atoms with Gasteiger partial charge in [0.05, 0.1) is 18.3 Å². The van der Waals surface area contributed by atoms with Crippen molar-refractivity contribution in [2.24, 2.45) is 0 Å². The Morgan fingerprint density at radius 2 is 2.05 bits per heavy atom. The molecule has 5 unspecified atom stereocenters. The summed E-state index contributed by atoms with van der Waals surface area (Å²) in [6, 6.07) is 0. The van der Waals surface area contributed by atoms with Crippen LogP contribution in [0.5, 0.6) is 0 Å². The first-order chi connectivity index (χ1) is 8.90. The van der Waals surface area contributed by atoms with E-state index in [4.69, 9.17) is 14.6 Å². The van der Waals surface area contributed by atoms with Gasteiger partial charge in [-0.15, -0.1) is 0 Å². The van der Waals surface area contributed by atoms with Crippen LogP contribution in [0.3, 0.4) is 0 Å². The number of aliphatic carboxylic acids is 1. The topological polar surface area (TPSA) is 96.2 Å². The van der Waals surface area contributed by atoms with Crippen LogP contribution in [0.4, 0.5) is 0 Å². The average molecular weight is 300 g/mol. The summed E-state index contributed by atoms with van der Waals surface area (Å²) in [6.07, 6.45) is -0.169. The molecule has 3 N–H and O–H groups in total. The van der Waals surface area contributed by atoms with Crippen molar-refractivity contribution in [2.45, 2.75) is 76.7 Å². The minimum Gasteiger partial charge on any atom is -1.00 e. The van der Waals surface area contributed by atoms with Crippen LogP contribution in [-0.4, -0.2) is 52.0 Å². The molecule has 0 aromatic carbocycles. The molecule has 1 aliphatic heterocycles. The van der Waals surface area contributed by atoms with E-state index in [0.29, 0.717) is 6.42 Å². The molecule has 1 fully saturated rings. The van der Waals surface area contributed by atoms with Crippen LogP contribution in [0.15, 0.2) is 0 Å². The molecule has 0 saturated carbocycles. The van der Waals surface area contributed by atoms with Crippen molar-refractivity contribution in [3.8, 4) is 0 Å². The van der Waals surface area contributed by atoms with Crippen LogP contribution in [0.25, 0.3) is 0 Å². The van der Waals surface area contributed by atoms with E-state index in [9.17, 15) is 15.0 Å². The van der Waals surface area contributed by atoms with Crippen molar-refractivity contribution in [3.63, 3.8) is 0 Å². The van der Waals surface area contributed by atoms with Crippen LogP contribution < -0.4 is 29.6 Å². The fraction of sp³-hybridized carbons (Fsp3) is 0.923. The number of carbonyl (C=O) groups is 1. The summed E-state index contributed by atoms with van der Waals surface area (Å²) < 4.78 is 11.0. The number of unbranched alkanes of at least 4 members (excludes halogenated alkanes) is 1. The number of rotatable bonds is 7. The maximum absolute atomic E-state index is 10.4. The molecule has 0 aromatic heterocycles. The minimum absolute atomic E-state index is 0. The smallest absolute Gasteiger partial charge is 1.00 e. The van der Waals surface area contributed by atoms with Crippen molar-refractivity contribution < 1.29 is 60.6 Å². The van der Waals surface area contributed by atoms with Crippen LogP contribution >= 0.6 is 0 Å². The van der Waals surface area contributed by atoms with Crippen LogP contribution in [0.1, 0.15) is 47.4 Å². The first-order valence-electron chi connectivity index (χ1n) is 6.79. The van der Waals surface area contributed by atoms with E-state index in [-0.39, 0.29) is 56.0 Å². The molecule has 7 heteroatoms. The van der Waals surface area contributed by atoms with E-state index in [1.54, 1.807) is 6.92 Å². The van der Waals surface area contributed by atoms with E-state index in [2.05, 4.69) is 0 Å². The normalized spacial score (nSPS) is 31.4. The first-order valence-corrected chi connectivity index (χ1v) is 6.79. The van der Waals surface area contributed by atoms with Crippen molar-refractivity contribution in [1.82, 2.24) is 0 Å². The Hall–Kier alpha value is 0.310. The van der Waals surface area contributed by atoms with Gasteiger partial charge in [0.1, 0.15) is 6.10 Å². The predicted molar refractivity (Wildman–Crippen MR) is 68.7 cm³/mol. The molecule has 0 radical (unpaired) electrons. The molecule has 1 rings (SSSR count). The number of carboxylic acids is 1. The standard InChI is InChI=1S/C13H24O6.Na.H/c1-8(5-3-4-6-12(16)17)18-13-11(15)7-10(14)9(2)19-13;;/h8-11,13-15H,3-7H2,1-2H3,(H,16,17);;/q;+1;-1. The molecule has 0 amide bonds. The second-order valence-corrected chi connectivity index (χ2v) is 5.17. The summed E-state index contributed by atoms with van der Waals surface area (Å²) in [4.78, 5) is 10.4. The summed E-state index contributed by atoms with van der Waals surface area (Å²) in [7, 11) is 0.